The molecule has 0 bridgehead atoms. The standard InChI is InChI=1S/C18H32O15/c1-4-7(21)10(24)12(26)17(29-4)33-15-14(9(23)6(3-20)30-16(15)28)32-18-13(27)11(25)8(22)5(2-19)31-18/h4-28H,2-3H2,1H3/t4-,5+,6+,7+,8-,9-,10-,11-,12-,13+,14-,15+,16?,17+,18+/m0/s1. The minimum absolute atomic E-state index is 0.747. The Hall–Kier alpha value is -0.600. The van der Waals surface area contributed by atoms with Crippen LogP contribution < -0.4 is 0 Å². The van der Waals surface area contributed by atoms with Gasteiger partial charge in [-0.15, -0.1) is 0 Å². The Morgan fingerprint density at radius 3 is 1.61 bits per heavy atom. The number of ether oxygens (including phenoxy) is 5. The molecular weight excluding hydrogens is 456 g/mol. The molecule has 3 rings (SSSR count). The summed E-state index contributed by atoms with van der Waals surface area (Å²) in [7, 11) is 0. The summed E-state index contributed by atoms with van der Waals surface area (Å²) in [5, 5.41) is 100.0. The predicted molar refractivity (Wildman–Crippen MR) is 99.8 cm³/mol. The first-order valence-electron chi connectivity index (χ1n) is 10.4. The maximum Gasteiger partial charge on any atom is 0.187 e. The molecule has 3 aliphatic rings. The maximum absolute atomic E-state index is 10.6. The topological polar surface area (TPSA) is 248 Å². The van der Waals surface area contributed by atoms with E-state index in [2.05, 4.69) is 0 Å². The summed E-state index contributed by atoms with van der Waals surface area (Å²) in [4.78, 5) is 0. The Labute approximate surface area is 187 Å². The zero-order chi connectivity index (χ0) is 24.6. The quantitative estimate of drug-likeness (QED) is 0.167. The van der Waals surface area contributed by atoms with Crippen molar-refractivity contribution in [2.24, 2.45) is 0 Å². The number of hydrogen-bond acceptors (Lipinski definition) is 15. The maximum atomic E-state index is 10.6. The molecule has 0 radical (unpaired) electrons. The fraction of sp³-hybridized carbons (Fsp3) is 1.00. The van der Waals surface area contributed by atoms with E-state index in [1.54, 1.807) is 0 Å². The third-order valence-corrected chi connectivity index (χ3v) is 6.06. The summed E-state index contributed by atoms with van der Waals surface area (Å²) < 4.78 is 26.7. The summed E-state index contributed by atoms with van der Waals surface area (Å²) in [6.45, 7) is -0.115. The molecule has 3 aliphatic heterocycles. The van der Waals surface area contributed by atoms with E-state index in [0.29, 0.717) is 0 Å². The summed E-state index contributed by atoms with van der Waals surface area (Å²) in [5.74, 6) is 0. The van der Waals surface area contributed by atoms with Crippen molar-refractivity contribution in [3.8, 4) is 0 Å². The van der Waals surface area contributed by atoms with E-state index >= 15 is 0 Å². The second kappa shape index (κ2) is 11.0. The van der Waals surface area contributed by atoms with Crippen LogP contribution in [0.2, 0.25) is 0 Å². The van der Waals surface area contributed by atoms with Crippen LogP contribution in [0.3, 0.4) is 0 Å². The van der Waals surface area contributed by atoms with Gasteiger partial charge in [0.2, 0.25) is 0 Å². The Kier molecular flexibility index (Phi) is 8.99. The third-order valence-electron chi connectivity index (χ3n) is 6.06. The highest BCUT2D eigenvalue weighted by Gasteiger charge is 2.53. The molecular formula is C18H32O15. The molecule has 1 unspecified atom stereocenters. The predicted octanol–water partition coefficient (Wildman–Crippen LogP) is -6.55. The van der Waals surface area contributed by atoms with Gasteiger partial charge in [0.1, 0.15) is 67.1 Å². The van der Waals surface area contributed by atoms with Crippen LogP contribution in [0.15, 0.2) is 0 Å². The largest absolute Gasteiger partial charge is 0.394 e. The molecule has 0 aromatic carbocycles. The van der Waals surface area contributed by atoms with E-state index in [1.165, 1.54) is 6.92 Å². The van der Waals surface area contributed by atoms with Crippen molar-refractivity contribution in [1.82, 2.24) is 0 Å². The van der Waals surface area contributed by atoms with Gasteiger partial charge in [0.15, 0.2) is 18.9 Å². The van der Waals surface area contributed by atoms with Crippen LogP contribution in [-0.4, -0.2) is 156 Å². The van der Waals surface area contributed by atoms with Gasteiger partial charge in [-0.1, -0.05) is 0 Å². The second-order valence-electron chi connectivity index (χ2n) is 8.32. The first-order chi connectivity index (χ1) is 15.5. The molecule has 0 aliphatic carbocycles. The lowest BCUT2D eigenvalue weighted by molar-refractivity contribution is -0.386. The number of rotatable bonds is 6. The van der Waals surface area contributed by atoms with E-state index in [-0.39, 0.29) is 0 Å². The van der Waals surface area contributed by atoms with Crippen molar-refractivity contribution >= 4 is 0 Å². The van der Waals surface area contributed by atoms with Gasteiger partial charge in [0.05, 0.1) is 19.3 Å². The molecule has 15 atom stereocenters. The Balaban J connectivity index is 1.82. The summed E-state index contributed by atoms with van der Waals surface area (Å²) in [6.07, 6.45) is -24.1. The molecule has 10 N–H and O–H groups in total. The van der Waals surface area contributed by atoms with Crippen LogP contribution in [0, 0.1) is 0 Å². The molecule has 0 spiro atoms. The lowest BCUT2D eigenvalue weighted by Gasteiger charge is -2.48. The average Bonchev–Trinajstić information content (AvgIpc) is 2.79. The third kappa shape index (κ3) is 5.32. The van der Waals surface area contributed by atoms with Crippen molar-refractivity contribution in [3.63, 3.8) is 0 Å². The van der Waals surface area contributed by atoms with Gasteiger partial charge in [-0.2, -0.15) is 0 Å². The zero-order valence-electron chi connectivity index (χ0n) is 17.6. The molecule has 0 aromatic heterocycles. The van der Waals surface area contributed by atoms with Crippen molar-refractivity contribution in [3.05, 3.63) is 0 Å². The Bertz CT molecular complexity index is 624. The van der Waals surface area contributed by atoms with Crippen LogP contribution in [0.25, 0.3) is 0 Å². The summed E-state index contributed by atoms with van der Waals surface area (Å²) >= 11 is 0. The number of aliphatic hydroxyl groups is 10. The van der Waals surface area contributed by atoms with Gasteiger partial charge in [-0.25, -0.2) is 0 Å². The highest BCUT2D eigenvalue weighted by Crippen LogP contribution is 2.32. The smallest absolute Gasteiger partial charge is 0.187 e. The van der Waals surface area contributed by atoms with E-state index in [0.717, 1.165) is 0 Å². The fourth-order valence-electron chi connectivity index (χ4n) is 3.97. The first kappa shape index (κ1) is 27.0. The molecule has 0 amide bonds. The van der Waals surface area contributed by atoms with E-state index in [1.807, 2.05) is 0 Å². The SMILES string of the molecule is C[C@@H]1O[C@H](O[C@H]2C(O)O[C@H](CO)[C@H](O)[C@@H]2O[C@H]2O[C@H](CO)[C@H](O)[C@H](O)[C@H]2O)[C@@H](O)[C@@H](O)[C@@H]1O. The van der Waals surface area contributed by atoms with E-state index < -0.39 is 105 Å². The van der Waals surface area contributed by atoms with Crippen molar-refractivity contribution in [2.45, 2.75) is 99.0 Å². The van der Waals surface area contributed by atoms with Crippen LogP contribution in [0.5, 0.6) is 0 Å². The molecule has 33 heavy (non-hydrogen) atoms. The van der Waals surface area contributed by atoms with Crippen LogP contribution in [0.4, 0.5) is 0 Å². The normalized spacial score (nSPS) is 53.7. The zero-order valence-corrected chi connectivity index (χ0v) is 17.6. The fourth-order valence-corrected chi connectivity index (χ4v) is 3.97. The van der Waals surface area contributed by atoms with Gasteiger partial charge < -0.3 is 74.7 Å². The highest BCUT2D eigenvalue weighted by atomic mass is 16.8. The second-order valence-corrected chi connectivity index (χ2v) is 8.32. The molecule has 0 aromatic rings. The van der Waals surface area contributed by atoms with E-state index in [9.17, 15) is 51.1 Å². The number of aliphatic hydroxyl groups excluding tert-OH is 10. The minimum atomic E-state index is -1.88. The lowest BCUT2D eigenvalue weighted by Crippen LogP contribution is -2.66. The van der Waals surface area contributed by atoms with Gasteiger partial charge in [0.25, 0.3) is 0 Å². The Morgan fingerprint density at radius 1 is 0.545 bits per heavy atom. The molecule has 3 heterocycles. The number of hydrogen-bond donors (Lipinski definition) is 10. The average molecular weight is 488 g/mol. The Morgan fingerprint density at radius 2 is 1.03 bits per heavy atom. The van der Waals surface area contributed by atoms with Gasteiger partial charge in [0, 0.05) is 0 Å². The molecule has 15 heteroatoms. The lowest BCUT2D eigenvalue weighted by atomic mass is 9.96. The molecule has 3 fully saturated rings. The highest BCUT2D eigenvalue weighted by molar-refractivity contribution is 4.96. The van der Waals surface area contributed by atoms with Crippen molar-refractivity contribution in [1.29, 1.82) is 0 Å². The van der Waals surface area contributed by atoms with Crippen LogP contribution >= 0.6 is 0 Å². The van der Waals surface area contributed by atoms with Gasteiger partial charge >= 0.3 is 0 Å². The monoisotopic (exact) mass is 488 g/mol. The molecule has 0 saturated carbocycles. The van der Waals surface area contributed by atoms with E-state index in [4.69, 9.17) is 23.7 Å². The van der Waals surface area contributed by atoms with Crippen molar-refractivity contribution in [2.75, 3.05) is 13.2 Å². The molecule has 3 saturated heterocycles. The van der Waals surface area contributed by atoms with Crippen LogP contribution in [-0.2, 0) is 23.7 Å². The summed E-state index contributed by atoms with van der Waals surface area (Å²) in [6, 6.07) is 0. The van der Waals surface area contributed by atoms with Crippen LogP contribution in [0.1, 0.15) is 6.92 Å². The van der Waals surface area contributed by atoms with Crippen molar-refractivity contribution < 1.29 is 74.7 Å². The van der Waals surface area contributed by atoms with Gasteiger partial charge in [-0.3, -0.25) is 0 Å². The first-order valence-corrected chi connectivity index (χ1v) is 10.4. The summed E-state index contributed by atoms with van der Waals surface area (Å²) in [5.41, 5.74) is 0. The van der Waals surface area contributed by atoms with Gasteiger partial charge in [-0.05, 0) is 6.92 Å². The molecule has 194 valence electrons. The minimum Gasteiger partial charge on any atom is -0.394 e. The molecule has 15 nitrogen and oxygen atoms in total.